The summed E-state index contributed by atoms with van der Waals surface area (Å²) >= 11 is 0. The molecule has 1 rings (SSSR count). The number of ether oxygens (including phenoxy) is 2. The molecule has 0 bridgehead atoms. The van der Waals surface area contributed by atoms with E-state index in [0.29, 0.717) is 6.61 Å². The number of rotatable bonds is 16. The summed E-state index contributed by atoms with van der Waals surface area (Å²) in [5, 5.41) is 28.5. The number of aliphatic hydroxyl groups excluding tert-OH is 3. The lowest BCUT2D eigenvalue weighted by molar-refractivity contribution is -0.0730. The molecule has 0 aromatic rings. The molecule has 1 aliphatic heterocycles. The highest BCUT2D eigenvalue weighted by Gasteiger charge is 2.40. The molecule has 3 N–H and O–H groups in total. The van der Waals surface area contributed by atoms with Crippen molar-refractivity contribution < 1.29 is 24.8 Å². The zero-order valence-corrected chi connectivity index (χ0v) is 16.5. The van der Waals surface area contributed by atoms with Crippen LogP contribution in [-0.4, -0.2) is 59.6 Å². The zero-order valence-electron chi connectivity index (χ0n) is 16.5. The maximum Gasteiger partial charge on any atom is 0.114 e. The average Bonchev–Trinajstić information content (AvgIpc) is 3.02. The van der Waals surface area contributed by atoms with E-state index >= 15 is 0 Å². The van der Waals surface area contributed by atoms with Gasteiger partial charge in [0.25, 0.3) is 0 Å². The lowest BCUT2D eigenvalue weighted by Crippen LogP contribution is -2.41. The molecule has 0 aromatic heterocycles. The fourth-order valence-electron chi connectivity index (χ4n) is 3.38. The van der Waals surface area contributed by atoms with Crippen molar-refractivity contribution in [2.24, 2.45) is 0 Å². The van der Waals surface area contributed by atoms with Crippen molar-refractivity contribution in [2.45, 2.75) is 102 Å². The number of aliphatic hydroxyl groups is 3. The molecule has 154 valence electrons. The number of unbranched alkanes of at least 4 members (excludes halogenated alkanes) is 10. The summed E-state index contributed by atoms with van der Waals surface area (Å²) < 4.78 is 11.0. The van der Waals surface area contributed by atoms with Crippen LogP contribution in [0.1, 0.15) is 77.6 Å². The maximum absolute atomic E-state index is 10.0. The fourth-order valence-corrected chi connectivity index (χ4v) is 3.38. The van der Waals surface area contributed by atoms with Crippen molar-refractivity contribution in [3.8, 4) is 0 Å². The summed E-state index contributed by atoms with van der Waals surface area (Å²) in [7, 11) is 0. The second-order valence-electron chi connectivity index (χ2n) is 7.34. The zero-order chi connectivity index (χ0) is 19.0. The molecule has 5 heteroatoms. The monoisotopic (exact) mass is 372 g/mol. The smallest absolute Gasteiger partial charge is 0.114 e. The Kier molecular flexibility index (Phi) is 14.1. The minimum atomic E-state index is -1.05. The van der Waals surface area contributed by atoms with Crippen molar-refractivity contribution in [3.63, 3.8) is 0 Å². The highest BCUT2D eigenvalue weighted by molar-refractivity contribution is 4.88. The van der Waals surface area contributed by atoms with E-state index in [4.69, 9.17) is 14.6 Å². The van der Waals surface area contributed by atoms with Crippen LogP contribution in [0.4, 0.5) is 0 Å². The molecule has 0 radical (unpaired) electrons. The van der Waals surface area contributed by atoms with Gasteiger partial charge in [-0.25, -0.2) is 0 Å². The SMILES string of the molecule is C/C=C/CCCCCCCCCCCCO[C@H]1CO[C@H]([C@H](O)CO)[C@@H]1O. The second-order valence-corrected chi connectivity index (χ2v) is 7.34. The summed E-state index contributed by atoms with van der Waals surface area (Å²) in [6, 6.07) is 0. The number of allylic oxidation sites excluding steroid dienone is 2. The molecule has 0 aromatic carbocycles. The first kappa shape index (κ1) is 23.6. The van der Waals surface area contributed by atoms with Gasteiger partial charge < -0.3 is 24.8 Å². The van der Waals surface area contributed by atoms with Crippen LogP contribution in [0.3, 0.4) is 0 Å². The number of hydrogen-bond donors (Lipinski definition) is 3. The molecular weight excluding hydrogens is 332 g/mol. The lowest BCUT2D eigenvalue weighted by atomic mass is 10.1. The molecule has 0 saturated carbocycles. The van der Waals surface area contributed by atoms with Gasteiger partial charge >= 0.3 is 0 Å². The Morgan fingerprint density at radius 1 is 1.00 bits per heavy atom. The molecule has 0 spiro atoms. The molecule has 1 fully saturated rings. The average molecular weight is 373 g/mol. The van der Waals surface area contributed by atoms with Crippen molar-refractivity contribution in [1.29, 1.82) is 0 Å². The minimum Gasteiger partial charge on any atom is -0.394 e. The molecule has 4 atom stereocenters. The first-order valence-electron chi connectivity index (χ1n) is 10.5. The van der Waals surface area contributed by atoms with Gasteiger partial charge in [0.15, 0.2) is 0 Å². The van der Waals surface area contributed by atoms with Crippen LogP contribution in [0.25, 0.3) is 0 Å². The molecule has 1 aliphatic rings. The van der Waals surface area contributed by atoms with E-state index in [-0.39, 0.29) is 6.61 Å². The van der Waals surface area contributed by atoms with Crippen LogP contribution in [0.2, 0.25) is 0 Å². The molecule has 0 unspecified atom stereocenters. The van der Waals surface area contributed by atoms with E-state index in [9.17, 15) is 10.2 Å². The van der Waals surface area contributed by atoms with Gasteiger partial charge in [-0.1, -0.05) is 63.5 Å². The predicted octanol–water partition coefficient (Wildman–Crippen LogP) is 3.35. The molecular formula is C21H40O5. The van der Waals surface area contributed by atoms with Crippen LogP contribution in [0.15, 0.2) is 12.2 Å². The molecule has 0 amide bonds. The van der Waals surface area contributed by atoms with Gasteiger partial charge in [-0.2, -0.15) is 0 Å². The summed E-state index contributed by atoms with van der Waals surface area (Å²) in [6.45, 7) is 2.56. The van der Waals surface area contributed by atoms with Crippen LogP contribution in [0.5, 0.6) is 0 Å². The highest BCUT2D eigenvalue weighted by Crippen LogP contribution is 2.20. The molecule has 0 aliphatic carbocycles. The Morgan fingerprint density at radius 2 is 1.58 bits per heavy atom. The topological polar surface area (TPSA) is 79.2 Å². The van der Waals surface area contributed by atoms with Crippen molar-refractivity contribution in [2.75, 3.05) is 19.8 Å². The van der Waals surface area contributed by atoms with E-state index in [1.807, 2.05) is 0 Å². The Balaban J connectivity index is 1.85. The third-order valence-electron chi connectivity index (χ3n) is 5.07. The predicted molar refractivity (Wildman–Crippen MR) is 104 cm³/mol. The Morgan fingerprint density at radius 3 is 2.15 bits per heavy atom. The highest BCUT2D eigenvalue weighted by atomic mass is 16.6. The standard InChI is InChI=1S/C21H40O5/c1-2-3-4-5-6-7-8-9-10-11-12-13-14-15-25-19-17-26-21(20(19)24)18(23)16-22/h2-3,18-24H,4-17H2,1H3/b3-2+/t18-,19+,20-,21-/m1/s1. The van der Waals surface area contributed by atoms with Crippen molar-refractivity contribution in [1.82, 2.24) is 0 Å². The lowest BCUT2D eigenvalue weighted by Gasteiger charge is -2.20. The quantitative estimate of drug-likeness (QED) is 0.286. The molecule has 26 heavy (non-hydrogen) atoms. The van der Waals surface area contributed by atoms with Gasteiger partial charge in [0.05, 0.1) is 13.2 Å². The van der Waals surface area contributed by atoms with Crippen LogP contribution in [-0.2, 0) is 9.47 Å². The summed E-state index contributed by atoms with van der Waals surface area (Å²) in [6.07, 6.45) is 15.3. The normalized spacial score (nSPS) is 24.5. The third-order valence-corrected chi connectivity index (χ3v) is 5.07. The second kappa shape index (κ2) is 15.6. The van der Waals surface area contributed by atoms with Gasteiger partial charge in [-0.15, -0.1) is 0 Å². The van der Waals surface area contributed by atoms with Gasteiger partial charge in [-0.05, 0) is 26.2 Å². The van der Waals surface area contributed by atoms with Gasteiger partial charge in [0.1, 0.15) is 24.4 Å². The Labute approximate surface area is 159 Å². The van der Waals surface area contributed by atoms with E-state index in [1.165, 1.54) is 57.8 Å². The van der Waals surface area contributed by atoms with E-state index in [2.05, 4.69) is 19.1 Å². The van der Waals surface area contributed by atoms with E-state index in [1.54, 1.807) is 0 Å². The minimum absolute atomic E-state index is 0.275. The van der Waals surface area contributed by atoms with E-state index in [0.717, 1.165) is 12.8 Å². The first-order chi connectivity index (χ1) is 12.7. The number of hydrogen-bond acceptors (Lipinski definition) is 5. The maximum atomic E-state index is 10.0. The summed E-state index contributed by atoms with van der Waals surface area (Å²) in [5.41, 5.74) is 0. The van der Waals surface area contributed by atoms with Crippen LogP contribution >= 0.6 is 0 Å². The summed E-state index contributed by atoms with van der Waals surface area (Å²) in [4.78, 5) is 0. The first-order valence-corrected chi connectivity index (χ1v) is 10.5. The van der Waals surface area contributed by atoms with Crippen LogP contribution in [0, 0.1) is 0 Å². The van der Waals surface area contributed by atoms with Gasteiger partial charge in [0.2, 0.25) is 0 Å². The molecule has 1 heterocycles. The van der Waals surface area contributed by atoms with Gasteiger partial charge in [-0.3, -0.25) is 0 Å². The Hall–Kier alpha value is -0.460. The summed E-state index contributed by atoms with van der Waals surface area (Å²) in [5.74, 6) is 0. The molecule has 5 nitrogen and oxygen atoms in total. The van der Waals surface area contributed by atoms with Crippen molar-refractivity contribution in [3.05, 3.63) is 12.2 Å². The van der Waals surface area contributed by atoms with Gasteiger partial charge in [0, 0.05) is 6.61 Å². The molecule has 1 saturated heterocycles. The van der Waals surface area contributed by atoms with E-state index < -0.39 is 31.0 Å². The van der Waals surface area contributed by atoms with Crippen molar-refractivity contribution >= 4 is 0 Å². The van der Waals surface area contributed by atoms with Crippen LogP contribution < -0.4 is 0 Å². The Bertz CT molecular complexity index is 347. The third kappa shape index (κ3) is 10.0. The fraction of sp³-hybridized carbons (Fsp3) is 0.905. The largest absolute Gasteiger partial charge is 0.394 e.